The van der Waals surface area contributed by atoms with E-state index in [1.165, 1.54) is 33.5 Å². The van der Waals surface area contributed by atoms with E-state index in [0.29, 0.717) is 42.8 Å². The Morgan fingerprint density at radius 3 is 2.24 bits per heavy atom. The Kier molecular flexibility index (Phi) is 8.39. The predicted octanol–water partition coefficient (Wildman–Crippen LogP) is 3.55. The monoisotopic (exact) mass is 579 g/mol. The normalized spacial score (nSPS) is 15.6. The van der Waals surface area contributed by atoms with Gasteiger partial charge in [0.25, 0.3) is 11.8 Å². The standard InChI is InChI=1S/C30H33N3O7S/c1-3-32(4-2)41(37,38)22-11-9-21(10-12-22)30(36)40-18-6-15-33-28(34)24-8-5-7-23-26(31-16-19-39-20-17-31)14-13-25(27(23)24)29(33)35/h5,7-14H,3-4,6,15-20H2,1-2H3. The topological polar surface area (TPSA) is 114 Å². The summed E-state index contributed by atoms with van der Waals surface area (Å²) < 4.78 is 37.5. The number of nitrogens with zero attached hydrogens (tertiary/aromatic N) is 3. The molecule has 0 spiro atoms. The summed E-state index contributed by atoms with van der Waals surface area (Å²) in [6.07, 6.45) is 0.259. The van der Waals surface area contributed by atoms with Gasteiger partial charge in [-0.05, 0) is 48.9 Å². The van der Waals surface area contributed by atoms with E-state index in [1.807, 2.05) is 18.2 Å². The molecule has 1 fully saturated rings. The van der Waals surface area contributed by atoms with E-state index in [2.05, 4.69) is 4.90 Å². The van der Waals surface area contributed by atoms with E-state index in [9.17, 15) is 22.8 Å². The highest BCUT2D eigenvalue weighted by atomic mass is 32.2. The number of hydrogen-bond acceptors (Lipinski definition) is 8. The molecule has 1 saturated heterocycles. The van der Waals surface area contributed by atoms with Crippen molar-refractivity contribution in [2.24, 2.45) is 0 Å². The zero-order chi connectivity index (χ0) is 29.1. The van der Waals surface area contributed by atoms with Crippen LogP contribution in [0.5, 0.6) is 0 Å². The van der Waals surface area contributed by atoms with Crippen molar-refractivity contribution in [3.05, 3.63) is 71.3 Å². The lowest BCUT2D eigenvalue weighted by molar-refractivity contribution is 0.0476. The molecule has 11 heteroatoms. The summed E-state index contributed by atoms with van der Waals surface area (Å²) in [6, 6.07) is 14.8. The average Bonchev–Trinajstić information content (AvgIpc) is 3.00. The molecule has 3 aromatic rings. The third-order valence-corrected chi connectivity index (χ3v) is 9.58. The summed E-state index contributed by atoms with van der Waals surface area (Å²) in [6.45, 7) is 7.04. The number of ether oxygens (including phenoxy) is 2. The smallest absolute Gasteiger partial charge is 0.338 e. The number of benzene rings is 3. The molecule has 0 unspecified atom stereocenters. The van der Waals surface area contributed by atoms with Crippen molar-refractivity contribution in [2.45, 2.75) is 25.2 Å². The van der Waals surface area contributed by atoms with Gasteiger partial charge >= 0.3 is 5.97 Å². The Morgan fingerprint density at radius 1 is 0.927 bits per heavy atom. The molecule has 0 aliphatic carbocycles. The van der Waals surface area contributed by atoms with Crippen molar-refractivity contribution >= 4 is 44.3 Å². The summed E-state index contributed by atoms with van der Waals surface area (Å²) in [5.41, 5.74) is 2.15. The number of hydrogen-bond donors (Lipinski definition) is 0. The van der Waals surface area contributed by atoms with Gasteiger partial charge in [-0.1, -0.05) is 26.0 Å². The van der Waals surface area contributed by atoms with Crippen LogP contribution in [0.25, 0.3) is 10.8 Å². The number of anilines is 1. The van der Waals surface area contributed by atoms with Crippen LogP contribution >= 0.6 is 0 Å². The van der Waals surface area contributed by atoms with Gasteiger partial charge in [-0.2, -0.15) is 4.31 Å². The maximum absolute atomic E-state index is 13.4. The fourth-order valence-electron chi connectivity index (χ4n) is 5.36. The van der Waals surface area contributed by atoms with Gasteiger partial charge in [0.15, 0.2) is 0 Å². The molecule has 0 N–H and O–H groups in total. The first-order valence-electron chi connectivity index (χ1n) is 13.8. The Labute approximate surface area is 239 Å². The Morgan fingerprint density at radius 2 is 1.59 bits per heavy atom. The van der Waals surface area contributed by atoms with E-state index in [-0.39, 0.29) is 41.8 Å². The minimum atomic E-state index is -3.63. The van der Waals surface area contributed by atoms with Gasteiger partial charge in [0.2, 0.25) is 10.0 Å². The van der Waals surface area contributed by atoms with Crippen molar-refractivity contribution in [1.82, 2.24) is 9.21 Å². The summed E-state index contributed by atoms with van der Waals surface area (Å²) in [5, 5.41) is 1.54. The maximum atomic E-state index is 13.4. The lowest BCUT2D eigenvalue weighted by atomic mass is 9.92. The first-order chi connectivity index (χ1) is 19.8. The molecule has 0 radical (unpaired) electrons. The van der Waals surface area contributed by atoms with Gasteiger partial charge in [-0.15, -0.1) is 0 Å². The van der Waals surface area contributed by atoms with Crippen molar-refractivity contribution in [2.75, 3.05) is 57.4 Å². The van der Waals surface area contributed by atoms with Crippen molar-refractivity contribution in [1.29, 1.82) is 0 Å². The minimum absolute atomic E-state index is 0.0115. The number of carbonyl (C=O) groups excluding carboxylic acids is 3. The van der Waals surface area contributed by atoms with E-state index >= 15 is 0 Å². The second kappa shape index (κ2) is 12.0. The number of rotatable bonds is 10. The highest BCUT2D eigenvalue weighted by molar-refractivity contribution is 7.89. The summed E-state index contributed by atoms with van der Waals surface area (Å²) in [7, 11) is -3.63. The average molecular weight is 580 g/mol. The molecule has 10 nitrogen and oxygen atoms in total. The third-order valence-electron chi connectivity index (χ3n) is 7.51. The number of imide groups is 1. The van der Waals surface area contributed by atoms with Crippen molar-refractivity contribution in [3.63, 3.8) is 0 Å². The molecule has 2 aliphatic heterocycles. The van der Waals surface area contributed by atoms with Crippen molar-refractivity contribution in [3.8, 4) is 0 Å². The Bertz CT molecular complexity index is 1560. The third kappa shape index (κ3) is 5.44. The van der Waals surface area contributed by atoms with Crippen LogP contribution in [0.2, 0.25) is 0 Å². The molecule has 2 heterocycles. The molecule has 0 atom stereocenters. The van der Waals surface area contributed by atoms with Crippen LogP contribution in [0.3, 0.4) is 0 Å². The molecule has 2 amide bonds. The van der Waals surface area contributed by atoms with E-state index in [4.69, 9.17) is 9.47 Å². The van der Waals surface area contributed by atoms with Crippen LogP contribution in [0.15, 0.2) is 59.5 Å². The Hall–Kier alpha value is -3.80. The van der Waals surface area contributed by atoms with E-state index in [1.54, 1.807) is 26.0 Å². The SMILES string of the molecule is CCN(CC)S(=O)(=O)c1ccc(C(=O)OCCCN2C(=O)c3cccc4c(N5CCOCC5)ccc(c34)C2=O)cc1. The number of morpholine rings is 1. The first kappa shape index (κ1) is 28.7. The second-order valence-electron chi connectivity index (χ2n) is 9.82. The molecule has 2 aliphatic rings. The van der Waals surface area contributed by atoms with E-state index < -0.39 is 16.0 Å². The molecular weight excluding hydrogens is 546 g/mol. The Balaban J connectivity index is 1.22. The number of sulfonamides is 1. The first-order valence-corrected chi connectivity index (χ1v) is 15.2. The van der Waals surface area contributed by atoms with Gasteiger partial charge in [0, 0.05) is 60.3 Å². The van der Waals surface area contributed by atoms with Gasteiger partial charge in [0.1, 0.15) is 0 Å². The molecule has 0 bridgehead atoms. The lowest BCUT2D eigenvalue weighted by Gasteiger charge is -2.32. The van der Waals surface area contributed by atoms with Crippen LogP contribution in [-0.2, 0) is 19.5 Å². The summed E-state index contributed by atoms with van der Waals surface area (Å²) in [4.78, 5) is 42.8. The van der Waals surface area contributed by atoms with Crippen molar-refractivity contribution < 1.29 is 32.3 Å². The molecule has 0 aromatic heterocycles. The van der Waals surface area contributed by atoms with Crippen LogP contribution < -0.4 is 4.90 Å². The largest absolute Gasteiger partial charge is 0.462 e. The fraction of sp³-hybridized carbons (Fsp3) is 0.367. The molecule has 3 aromatic carbocycles. The summed E-state index contributed by atoms with van der Waals surface area (Å²) in [5.74, 6) is -1.36. The highest BCUT2D eigenvalue weighted by Crippen LogP contribution is 2.36. The van der Waals surface area contributed by atoms with Crippen LogP contribution in [0.4, 0.5) is 5.69 Å². The van der Waals surface area contributed by atoms with Gasteiger partial charge in [-0.3, -0.25) is 14.5 Å². The van der Waals surface area contributed by atoms with E-state index in [0.717, 1.165) is 24.2 Å². The van der Waals surface area contributed by atoms with Crippen LogP contribution in [0, 0.1) is 0 Å². The summed E-state index contributed by atoms with van der Waals surface area (Å²) >= 11 is 0. The maximum Gasteiger partial charge on any atom is 0.338 e. The number of esters is 1. The van der Waals surface area contributed by atoms with Gasteiger partial charge in [0.05, 0.1) is 30.3 Å². The molecule has 5 rings (SSSR count). The fourth-order valence-corrected chi connectivity index (χ4v) is 6.82. The zero-order valence-corrected chi connectivity index (χ0v) is 24.0. The minimum Gasteiger partial charge on any atom is -0.462 e. The van der Waals surface area contributed by atoms with Gasteiger partial charge < -0.3 is 14.4 Å². The quantitative estimate of drug-likeness (QED) is 0.204. The number of amides is 2. The highest BCUT2D eigenvalue weighted by Gasteiger charge is 2.33. The number of carbonyl (C=O) groups is 3. The van der Waals surface area contributed by atoms with Gasteiger partial charge in [-0.25, -0.2) is 13.2 Å². The lowest BCUT2D eigenvalue weighted by Crippen LogP contribution is -2.41. The molecule has 0 saturated carbocycles. The van der Waals surface area contributed by atoms with Crippen LogP contribution in [-0.4, -0.2) is 88.0 Å². The van der Waals surface area contributed by atoms with Crippen LogP contribution in [0.1, 0.15) is 51.3 Å². The molecule has 216 valence electrons. The second-order valence-corrected chi connectivity index (χ2v) is 11.8. The molecule has 41 heavy (non-hydrogen) atoms. The zero-order valence-electron chi connectivity index (χ0n) is 23.2. The predicted molar refractivity (Wildman–Crippen MR) is 154 cm³/mol. The molecular formula is C30H33N3O7S.